The summed E-state index contributed by atoms with van der Waals surface area (Å²) in [7, 11) is 0. The number of amides is 1. The van der Waals surface area contributed by atoms with Gasteiger partial charge in [-0.1, -0.05) is 0 Å². The number of anilines is 2. The highest BCUT2D eigenvalue weighted by Gasteiger charge is 2.23. The van der Waals surface area contributed by atoms with Gasteiger partial charge in [0.15, 0.2) is 5.82 Å². The Morgan fingerprint density at radius 1 is 1.13 bits per heavy atom. The van der Waals surface area contributed by atoms with Gasteiger partial charge in [-0.05, 0) is 37.1 Å². The van der Waals surface area contributed by atoms with Gasteiger partial charge in [0.1, 0.15) is 5.82 Å². The number of carbonyl (C=O) groups is 1. The van der Waals surface area contributed by atoms with Crippen LogP contribution in [0.25, 0.3) is 0 Å². The molecule has 0 atom stereocenters. The Balaban J connectivity index is 1.77. The van der Waals surface area contributed by atoms with Crippen LogP contribution in [0.2, 0.25) is 0 Å². The number of hydrogen-bond acceptors (Lipinski definition) is 6. The quantitative estimate of drug-likeness (QED) is 0.906. The van der Waals surface area contributed by atoms with E-state index in [1.54, 1.807) is 24.5 Å². The Hall–Kier alpha value is -2.70. The van der Waals surface area contributed by atoms with E-state index in [4.69, 9.17) is 5.73 Å². The van der Waals surface area contributed by atoms with Crippen LogP contribution in [0.5, 0.6) is 0 Å². The summed E-state index contributed by atoms with van der Waals surface area (Å²) in [5.74, 6) is 1.14. The lowest BCUT2D eigenvalue weighted by atomic mass is 10.1. The first kappa shape index (κ1) is 15.2. The van der Waals surface area contributed by atoms with Crippen molar-refractivity contribution < 1.29 is 4.79 Å². The van der Waals surface area contributed by atoms with Crippen molar-refractivity contribution in [2.45, 2.75) is 13.8 Å². The van der Waals surface area contributed by atoms with Crippen molar-refractivity contribution in [3.63, 3.8) is 0 Å². The van der Waals surface area contributed by atoms with E-state index in [0.29, 0.717) is 11.4 Å². The number of primary amides is 1. The van der Waals surface area contributed by atoms with E-state index in [2.05, 4.69) is 31.9 Å². The Morgan fingerprint density at radius 3 is 2.43 bits per heavy atom. The van der Waals surface area contributed by atoms with Gasteiger partial charge in [-0.2, -0.15) is 5.10 Å². The second-order valence-electron chi connectivity index (χ2n) is 5.69. The van der Waals surface area contributed by atoms with Crippen molar-refractivity contribution in [1.82, 2.24) is 15.2 Å². The number of aromatic nitrogens is 3. The third kappa shape index (κ3) is 2.94. The maximum absolute atomic E-state index is 11.6. The lowest BCUT2D eigenvalue weighted by Crippen LogP contribution is -2.48. The van der Waals surface area contributed by atoms with Gasteiger partial charge in [-0.25, -0.2) is 4.98 Å². The molecule has 0 saturated carbocycles. The van der Waals surface area contributed by atoms with Crippen LogP contribution in [0.1, 0.15) is 21.5 Å². The first-order valence-corrected chi connectivity index (χ1v) is 7.61. The van der Waals surface area contributed by atoms with E-state index < -0.39 is 5.91 Å². The summed E-state index contributed by atoms with van der Waals surface area (Å²) in [5.41, 5.74) is 8.20. The maximum atomic E-state index is 11.6. The van der Waals surface area contributed by atoms with E-state index in [1.807, 2.05) is 6.92 Å². The standard InChI is InChI=1S/C16H20N6O/c1-11-10-19-20-15(12(11)2)21-6-8-22(9-7-21)16-13(14(17)23)4-3-5-18-16/h3-5,10H,6-9H2,1-2H3,(H2,17,23). The minimum absolute atomic E-state index is 0.448. The molecule has 1 aliphatic heterocycles. The number of rotatable bonds is 3. The number of hydrogen-bond donors (Lipinski definition) is 1. The van der Waals surface area contributed by atoms with Gasteiger partial charge in [0.2, 0.25) is 0 Å². The summed E-state index contributed by atoms with van der Waals surface area (Å²) in [6.07, 6.45) is 3.46. The lowest BCUT2D eigenvalue weighted by Gasteiger charge is -2.37. The molecule has 0 bridgehead atoms. The van der Waals surface area contributed by atoms with Gasteiger partial charge in [-0.3, -0.25) is 4.79 Å². The summed E-state index contributed by atoms with van der Waals surface area (Å²) in [4.78, 5) is 20.2. The highest BCUT2D eigenvalue weighted by molar-refractivity contribution is 5.97. The Kier molecular flexibility index (Phi) is 4.10. The highest BCUT2D eigenvalue weighted by Crippen LogP contribution is 2.23. The van der Waals surface area contributed by atoms with Crippen LogP contribution in [-0.4, -0.2) is 47.3 Å². The summed E-state index contributed by atoms with van der Waals surface area (Å²) >= 11 is 0. The minimum atomic E-state index is -0.448. The molecule has 1 saturated heterocycles. The predicted molar refractivity (Wildman–Crippen MR) is 88.7 cm³/mol. The maximum Gasteiger partial charge on any atom is 0.252 e. The summed E-state index contributed by atoms with van der Waals surface area (Å²) in [6.45, 7) is 7.21. The molecule has 23 heavy (non-hydrogen) atoms. The van der Waals surface area contributed by atoms with Crippen LogP contribution in [0.4, 0.5) is 11.6 Å². The van der Waals surface area contributed by atoms with E-state index in [9.17, 15) is 4.79 Å². The van der Waals surface area contributed by atoms with Crippen molar-refractivity contribution >= 4 is 17.5 Å². The van der Waals surface area contributed by atoms with Gasteiger partial charge >= 0.3 is 0 Å². The molecule has 3 heterocycles. The molecule has 7 nitrogen and oxygen atoms in total. The van der Waals surface area contributed by atoms with E-state index in [1.165, 1.54) is 0 Å². The number of piperazine rings is 1. The first-order chi connectivity index (χ1) is 11.1. The van der Waals surface area contributed by atoms with E-state index >= 15 is 0 Å². The van der Waals surface area contributed by atoms with Gasteiger partial charge in [0.25, 0.3) is 5.91 Å². The van der Waals surface area contributed by atoms with Crippen LogP contribution < -0.4 is 15.5 Å². The molecule has 0 aromatic carbocycles. The fraction of sp³-hybridized carbons (Fsp3) is 0.375. The molecular weight excluding hydrogens is 292 g/mol. The Bertz CT molecular complexity index is 724. The predicted octanol–water partition coefficient (Wildman–Crippen LogP) is 0.914. The average Bonchev–Trinajstić information content (AvgIpc) is 2.57. The van der Waals surface area contributed by atoms with Crippen molar-refractivity contribution in [3.8, 4) is 0 Å². The average molecular weight is 312 g/mol. The molecule has 0 unspecified atom stereocenters. The van der Waals surface area contributed by atoms with Crippen LogP contribution in [0.15, 0.2) is 24.5 Å². The van der Waals surface area contributed by atoms with E-state index in [0.717, 1.165) is 43.1 Å². The fourth-order valence-electron chi connectivity index (χ4n) is 2.79. The highest BCUT2D eigenvalue weighted by atomic mass is 16.1. The van der Waals surface area contributed by atoms with Crippen molar-refractivity contribution in [1.29, 1.82) is 0 Å². The van der Waals surface area contributed by atoms with Gasteiger partial charge in [0.05, 0.1) is 11.8 Å². The monoisotopic (exact) mass is 312 g/mol. The zero-order valence-electron chi connectivity index (χ0n) is 13.4. The van der Waals surface area contributed by atoms with Crippen molar-refractivity contribution in [2.24, 2.45) is 5.73 Å². The number of nitrogens with two attached hydrogens (primary N) is 1. The molecule has 7 heteroatoms. The summed E-state index contributed by atoms with van der Waals surface area (Å²) < 4.78 is 0. The number of carbonyl (C=O) groups excluding carboxylic acids is 1. The first-order valence-electron chi connectivity index (χ1n) is 7.61. The number of pyridine rings is 1. The molecule has 1 amide bonds. The fourth-order valence-corrected chi connectivity index (χ4v) is 2.79. The lowest BCUT2D eigenvalue weighted by molar-refractivity contribution is 0.100. The van der Waals surface area contributed by atoms with Crippen LogP contribution in [0.3, 0.4) is 0 Å². The zero-order chi connectivity index (χ0) is 16.4. The second-order valence-corrected chi connectivity index (χ2v) is 5.69. The number of aryl methyl sites for hydroxylation is 1. The Labute approximate surface area is 135 Å². The molecule has 3 rings (SSSR count). The molecule has 0 radical (unpaired) electrons. The van der Waals surface area contributed by atoms with Crippen LogP contribution in [0, 0.1) is 13.8 Å². The Morgan fingerprint density at radius 2 is 1.78 bits per heavy atom. The smallest absolute Gasteiger partial charge is 0.252 e. The molecule has 0 aliphatic carbocycles. The molecule has 2 N–H and O–H groups in total. The summed E-state index contributed by atoms with van der Waals surface area (Å²) in [5, 5.41) is 8.33. The van der Waals surface area contributed by atoms with Crippen LogP contribution >= 0.6 is 0 Å². The molecule has 1 fully saturated rings. The third-order valence-electron chi connectivity index (χ3n) is 4.26. The number of nitrogens with zero attached hydrogens (tertiary/aromatic N) is 5. The molecule has 0 spiro atoms. The van der Waals surface area contributed by atoms with Crippen molar-refractivity contribution in [3.05, 3.63) is 41.2 Å². The molecule has 2 aromatic rings. The minimum Gasteiger partial charge on any atom is -0.365 e. The molecular formula is C16H20N6O. The van der Waals surface area contributed by atoms with Gasteiger partial charge < -0.3 is 15.5 Å². The van der Waals surface area contributed by atoms with Crippen LogP contribution in [-0.2, 0) is 0 Å². The second kappa shape index (κ2) is 6.20. The molecule has 2 aromatic heterocycles. The van der Waals surface area contributed by atoms with E-state index in [-0.39, 0.29) is 0 Å². The normalized spacial score (nSPS) is 14.9. The molecule has 1 aliphatic rings. The van der Waals surface area contributed by atoms with Gasteiger partial charge in [-0.15, -0.1) is 5.10 Å². The SMILES string of the molecule is Cc1cnnc(N2CCN(c3ncccc3C(N)=O)CC2)c1C. The third-order valence-corrected chi connectivity index (χ3v) is 4.26. The van der Waals surface area contributed by atoms with Gasteiger partial charge in [0, 0.05) is 32.4 Å². The topological polar surface area (TPSA) is 88.2 Å². The summed E-state index contributed by atoms with van der Waals surface area (Å²) in [6, 6.07) is 3.44. The van der Waals surface area contributed by atoms with Crippen molar-refractivity contribution in [2.75, 3.05) is 36.0 Å². The molecule has 120 valence electrons. The zero-order valence-corrected chi connectivity index (χ0v) is 13.4. The largest absolute Gasteiger partial charge is 0.365 e.